The van der Waals surface area contributed by atoms with Crippen LogP contribution in [0.3, 0.4) is 0 Å². The second-order valence-electron chi connectivity index (χ2n) is 6.84. The Hall–Kier alpha value is -1.98. The van der Waals surface area contributed by atoms with Crippen LogP contribution >= 0.6 is 0 Å². The van der Waals surface area contributed by atoms with Crippen LogP contribution in [0.25, 0.3) is 0 Å². The number of carboxylic acids is 1. The van der Waals surface area contributed by atoms with Crippen LogP contribution < -0.4 is 0 Å². The Kier molecular flexibility index (Phi) is 11.3. The number of rotatable bonds is 12. The summed E-state index contributed by atoms with van der Waals surface area (Å²) < 4.78 is 0. The molecular formula is C22H32O5. The Morgan fingerprint density at radius 3 is 2.41 bits per heavy atom. The Balaban J connectivity index is 2.22. The maximum atomic E-state index is 11.8. The zero-order chi connectivity index (χ0) is 20.1. The Morgan fingerprint density at radius 1 is 1.15 bits per heavy atom. The molecule has 0 unspecified atom stereocenters. The maximum absolute atomic E-state index is 11.8. The summed E-state index contributed by atoms with van der Waals surface area (Å²) in [4.78, 5) is 22.1. The molecule has 0 bridgehead atoms. The average Bonchev–Trinajstić information content (AvgIpc) is 2.90. The number of aliphatic carboxylic acids is 1. The number of carboxylic acid groups (broad SMARTS) is 1. The third-order valence-corrected chi connectivity index (χ3v) is 4.67. The zero-order valence-corrected chi connectivity index (χ0v) is 16.0. The molecule has 0 aliphatic heterocycles. The molecular weight excluding hydrogens is 344 g/mol. The van der Waals surface area contributed by atoms with Gasteiger partial charge in [0.15, 0.2) is 0 Å². The number of ketones is 1. The molecule has 4 atom stereocenters. The summed E-state index contributed by atoms with van der Waals surface area (Å²) in [6.07, 6.45) is 17.6. The van der Waals surface area contributed by atoms with E-state index < -0.39 is 18.2 Å². The van der Waals surface area contributed by atoms with Crippen LogP contribution in [0.2, 0.25) is 0 Å². The van der Waals surface area contributed by atoms with Crippen molar-refractivity contribution in [3.63, 3.8) is 0 Å². The number of carbonyl (C=O) groups excluding carboxylic acids is 1. The molecule has 1 fully saturated rings. The molecule has 0 heterocycles. The van der Waals surface area contributed by atoms with Crippen LogP contribution in [0, 0.1) is 11.8 Å². The summed E-state index contributed by atoms with van der Waals surface area (Å²) in [5, 5.41) is 28.5. The van der Waals surface area contributed by atoms with Gasteiger partial charge in [-0.1, -0.05) is 55.5 Å². The quantitative estimate of drug-likeness (QED) is 0.453. The minimum atomic E-state index is -0.782. The fourth-order valence-electron chi connectivity index (χ4n) is 3.18. The molecule has 0 amide bonds. The monoisotopic (exact) mass is 376 g/mol. The number of aliphatic hydroxyl groups is 2. The largest absolute Gasteiger partial charge is 0.481 e. The average molecular weight is 376 g/mol. The maximum Gasteiger partial charge on any atom is 0.303 e. The topological polar surface area (TPSA) is 94.8 Å². The third-order valence-electron chi connectivity index (χ3n) is 4.67. The van der Waals surface area contributed by atoms with Crippen molar-refractivity contribution in [2.75, 3.05) is 0 Å². The van der Waals surface area contributed by atoms with Crippen molar-refractivity contribution in [1.82, 2.24) is 0 Å². The van der Waals surface area contributed by atoms with Gasteiger partial charge in [0.25, 0.3) is 0 Å². The lowest BCUT2D eigenvalue weighted by atomic mass is 9.91. The first-order valence-electron chi connectivity index (χ1n) is 9.69. The van der Waals surface area contributed by atoms with E-state index in [4.69, 9.17) is 5.11 Å². The molecule has 1 aliphatic rings. The van der Waals surface area contributed by atoms with Gasteiger partial charge in [-0.3, -0.25) is 9.59 Å². The lowest BCUT2D eigenvalue weighted by Gasteiger charge is -2.16. The molecule has 0 aromatic heterocycles. The van der Waals surface area contributed by atoms with Crippen LogP contribution in [0.1, 0.15) is 51.9 Å². The van der Waals surface area contributed by atoms with Crippen molar-refractivity contribution in [1.29, 1.82) is 0 Å². The van der Waals surface area contributed by atoms with Gasteiger partial charge < -0.3 is 15.3 Å². The van der Waals surface area contributed by atoms with Gasteiger partial charge >= 0.3 is 5.97 Å². The second-order valence-corrected chi connectivity index (χ2v) is 6.84. The molecule has 27 heavy (non-hydrogen) atoms. The molecule has 1 saturated carbocycles. The molecule has 3 N–H and O–H groups in total. The Labute approximate surface area is 161 Å². The van der Waals surface area contributed by atoms with Crippen molar-refractivity contribution in [3.05, 3.63) is 48.6 Å². The SMILES string of the molecule is CC[C@H]1C(=O)C[C@H](O)[C@H]1/C=C/[C@H](O)C/C=C\C/C=C\C/C=C\CCC(=O)O. The third kappa shape index (κ3) is 9.50. The summed E-state index contributed by atoms with van der Waals surface area (Å²) in [5.74, 6) is -0.997. The zero-order valence-electron chi connectivity index (χ0n) is 16.0. The fourth-order valence-corrected chi connectivity index (χ4v) is 3.18. The molecule has 1 aliphatic carbocycles. The highest BCUT2D eigenvalue weighted by Gasteiger charge is 2.38. The van der Waals surface area contributed by atoms with E-state index in [2.05, 4.69) is 0 Å². The van der Waals surface area contributed by atoms with Crippen molar-refractivity contribution >= 4 is 11.8 Å². The van der Waals surface area contributed by atoms with Gasteiger partial charge in [-0.05, 0) is 32.1 Å². The van der Waals surface area contributed by atoms with Gasteiger partial charge in [0.1, 0.15) is 5.78 Å². The number of Topliss-reactive ketones (excluding diaryl/α,β-unsaturated/α-hetero) is 1. The molecule has 5 nitrogen and oxygen atoms in total. The van der Waals surface area contributed by atoms with E-state index in [1.54, 1.807) is 12.2 Å². The number of aliphatic hydroxyl groups excluding tert-OH is 2. The molecule has 0 aromatic rings. The first-order valence-corrected chi connectivity index (χ1v) is 9.69. The van der Waals surface area contributed by atoms with Crippen molar-refractivity contribution in [2.45, 2.75) is 64.1 Å². The van der Waals surface area contributed by atoms with E-state index in [0.717, 1.165) is 12.8 Å². The smallest absolute Gasteiger partial charge is 0.303 e. The van der Waals surface area contributed by atoms with Crippen molar-refractivity contribution in [3.8, 4) is 0 Å². The van der Waals surface area contributed by atoms with E-state index in [-0.39, 0.29) is 30.5 Å². The lowest BCUT2D eigenvalue weighted by Crippen LogP contribution is -2.18. The Bertz CT molecular complexity index is 573. The first kappa shape index (κ1) is 23.1. The molecule has 1 rings (SSSR count). The molecule has 5 heteroatoms. The van der Waals surface area contributed by atoms with Crippen molar-refractivity contribution < 1.29 is 24.9 Å². The first-order chi connectivity index (χ1) is 13.0. The minimum Gasteiger partial charge on any atom is -0.481 e. The van der Waals surface area contributed by atoms with Gasteiger partial charge in [-0.25, -0.2) is 0 Å². The highest BCUT2D eigenvalue weighted by molar-refractivity contribution is 5.84. The van der Waals surface area contributed by atoms with Crippen LogP contribution in [0.5, 0.6) is 0 Å². The van der Waals surface area contributed by atoms with E-state index in [0.29, 0.717) is 19.3 Å². The number of allylic oxidation sites excluding steroid dienone is 5. The fraction of sp³-hybridized carbons (Fsp3) is 0.545. The Morgan fingerprint density at radius 2 is 1.78 bits per heavy atom. The summed E-state index contributed by atoms with van der Waals surface area (Å²) >= 11 is 0. The van der Waals surface area contributed by atoms with Gasteiger partial charge in [0.2, 0.25) is 0 Å². The molecule has 0 spiro atoms. The van der Waals surface area contributed by atoms with Crippen LogP contribution in [0.15, 0.2) is 48.6 Å². The number of hydrogen-bond acceptors (Lipinski definition) is 4. The van der Waals surface area contributed by atoms with Gasteiger partial charge in [-0.2, -0.15) is 0 Å². The molecule has 0 aromatic carbocycles. The van der Waals surface area contributed by atoms with E-state index >= 15 is 0 Å². The summed E-state index contributed by atoms with van der Waals surface area (Å²) in [6.45, 7) is 1.94. The van der Waals surface area contributed by atoms with Gasteiger partial charge in [0, 0.05) is 24.7 Å². The van der Waals surface area contributed by atoms with Crippen LogP contribution in [0.4, 0.5) is 0 Å². The summed E-state index contributed by atoms with van der Waals surface area (Å²) in [6, 6.07) is 0. The van der Waals surface area contributed by atoms with E-state index in [1.807, 2.05) is 43.4 Å². The minimum absolute atomic E-state index is 0.109. The lowest BCUT2D eigenvalue weighted by molar-refractivity contribution is -0.136. The van der Waals surface area contributed by atoms with Crippen molar-refractivity contribution in [2.24, 2.45) is 11.8 Å². The summed E-state index contributed by atoms with van der Waals surface area (Å²) in [7, 11) is 0. The van der Waals surface area contributed by atoms with Crippen LogP contribution in [-0.4, -0.2) is 39.3 Å². The van der Waals surface area contributed by atoms with Gasteiger partial charge in [0.05, 0.1) is 12.2 Å². The van der Waals surface area contributed by atoms with E-state index in [9.17, 15) is 19.8 Å². The van der Waals surface area contributed by atoms with E-state index in [1.165, 1.54) is 0 Å². The molecule has 0 radical (unpaired) electrons. The summed E-state index contributed by atoms with van der Waals surface area (Å²) in [5.41, 5.74) is 0. The van der Waals surface area contributed by atoms with Crippen LogP contribution in [-0.2, 0) is 9.59 Å². The molecule has 0 saturated heterocycles. The highest BCUT2D eigenvalue weighted by Crippen LogP contribution is 2.32. The number of hydrogen-bond donors (Lipinski definition) is 3. The highest BCUT2D eigenvalue weighted by atomic mass is 16.4. The normalized spacial score (nSPS) is 24.9. The standard InChI is InChI=1S/C22H32O5/c1-2-18-19(21(25)16-20(18)24)15-14-17(23)12-10-8-6-4-3-5-7-9-11-13-22(26)27/h3-4,7-10,14-15,17-19,21,23,25H,2,5-6,11-13,16H2,1H3,(H,26,27)/b4-3-,9-7-,10-8-,15-14+/t17-,18-,19+,21+/m1/s1. The predicted octanol–water partition coefficient (Wildman–Crippen LogP) is 3.58. The second kappa shape index (κ2) is 13.2. The number of carbonyl (C=O) groups is 2. The van der Waals surface area contributed by atoms with Gasteiger partial charge in [-0.15, -0.1) is 0 Å². The molecule has 150 valence electrons. The predicted molar refractivity (Wildman–Crippen MR) is 106 cm³/mol.